The quantitative estimate of drug-likeness (QED) is 0.497. The molecule has 0 bridgehead atoms. The second-order valence-electron chi connectivity index (χ2n) is 5.40. The highest BCUT2D eigenvalue weighted by molar-refractivity contribution is 7.90. The molecule has 146 valence electrons. The summed E-state index contributed by atoms with van der Waals surface area (Å²) < 4.78 is 28.2. The van der Waals surface area contributed by atoms with Crippen molar-refractivity contribution in [2.75, 3.05) is 0 Å². The van der Waals surface area contributed by atoms with Crippen LogP contribution >= 0.6 is 58.0 Å². The highest BCUT2D eigenvalue weighted by Crippen LogP contribution is 2.32. The van der Waals surface area contributed by atoms with Gasteiger partial charge in [-0.1, -0.05) is 58.0 Å². The van der Waals surface area contributed by atoms with Gasteiger partial charge < -0.3 is 4.57 Å². The number of hydrogen-bond acceptors (Lipinski definition) is 4. The maximum atomic E-state index is 12.4. The molecule has 1 amide bonds. The third kappa shape index (κ3) is 4.40. The van der Waals surface area contributed by atoms with E-state index in [0.29, 0.717) is 5.69 Å². The predicted molar refractivity (Wildman–Crippen MR) is 110 cm³/mol. The van der Waals surface area contributed by atoms with Crippen molar-refractivity contribution in [3.05, 3.63) is 73.7 Å². The highest BCUT2D eigenvalue weighted by atomic mass is 35.5. The molecular formula is C16H8Cl5N3O3S. The summed E-state index contributed by atoms with van der Waals surface area (Å²) in [7, 11) is -4.23. The number of sulfonamides is 1. The summed E-state index contributed by atoms with van der Waals surface area (Å²) in [5.74, 6) is -0.948. The first-order valence-electron chi connectivity index (χ1n) is 7.29. The Bertz CT molecular complexity index is 1170. The number of hydrogen-bond donors (Lipinski definition) is 1. The molecule has 0 saturated carbocycles. The largest absolute Gasteiger partial charge is 0.305 e. The number of benzene rings is 2. The van der Waals surface area contributed by atoms with E-state index in [1.807, 2.05) is 4.72 Å². The van der Waals surface area contributed by atoms with Crippen LogP contribution in [0, 0.1) is 0 Å². The molecular weight excluding hydrogens is 492 g/mol. The molecule has 1 heterocycles. The standard InChI is InChI=1S/C16H8Cl5N3O3S/c17-8-1-2-14(10(18)3-8)28(26,27)23-16(25)13-6-24(7-22-13)9-4-11(19)15(21)12(20)5-9/h1-7H,(H,23,25). The molecule has 0 saturated heterocycles. The molecule has 0 unspecified atom stereocenters. The van der Waals surface area contributed by atoms with E-state index in [4.69, 9.17) is 58.0 Å². The number of amides is 1. The summed E-state index contributed by atoms with van der Waals surface area (Å²) in [5, 5.41) is 0.752. The molecule has 0 atom stereocenters. The Balaban J connectivity index is 1.86. The first-order chi connectivity index (χ1) is 13.1. The fourth-order valence-corrected chi connectivity index (χ4v) is 4.51. The van der Waals surface area contributed by atoms with Gasteiger partial charge in [-0.3, -0.25) is 4.79 Å². The number of imidazole rings is 1. The topological polar surface area (TPSA) is 81.1 Å². The lowest BCUT2D eigenvalue weighted by atomic mass is 10.3. The molecule has 0 radical (unpaired) electrons. The SMILES string of the molecule is O=C(NS(=O)(=O)c1ccc(Cl)cc1Cl)c1cn(-c2cc(Cl)c(Cl)c(Cl)c2)cn1. The monoisotopic (exact) mass is 497 g/mol. The number of carbonyl (C=O) groups is 1. The van der Waals surface area contributed by atoms with Gasteiger partial charge in [0.15, 0.2) is 0 Å². The zero-order valence-electron chi connectivity index (χ0n) is 13.5. The van der Waals surface area contributed by atoms with Crippen LogP contribution in [0.2, 0.25) is 25.1 Å². The second kappa shape index (κ2) is 8.10. The maximum absolute atomic E-state index is 12.4. The minimum absolute atomic E-state index is 0.122. The molecule has 2 aromatic carbocycles. The third-order valence-electron chi connectivity index (χ3n) is 3.49. The normalized spacial score (nSPS) is 11.5. The van der Waals surface area contributed by atoms with Gasteiger partial charge in [0.1, 0.15) is 16.9 Å². The Morgan fingerprint density at radius 2 is 1.61 bits per heavy atom. The average Bonchev–Trinajstić information content (AvgIpc) is 3.08. The van der Waals surface area contributed by atoms with E-state index in [1.165, 1.54) is 47.4 Å². The first kappa shape index (κ1) is 21.2. The summed E-state index contributed by atoms with van der Waals surface area (Å²) in [5.41, 5.74) is 0.324. The van der Waals surface area contributed by atoms with E-state index < -0.39 is 15.9 Å². The van der Waals surface area contributed by atoms with Crippen molar-refractivity contribution in [1.82, 2.24) is 14.3 Å². The van der Waals surface area contributed by atoms with Crippen molar-refractivity contribution in [2.45, 2.75) is 4.90 Å². The van der Waals surface area contributed by atoms with Crippen molar-refractivity contribution in [1.29, 1.82) is 0 Å². The minimum atomic E-state index is -4.23. The van der Waals surface area contributed by atoms with Gasteiger partial charge in [-0.05, 0) is 30.3 Å². The number of nitrogens with one attached hydrogen (secondary N) is 1. The van der Waals surface area contributed by atoms with Crippen LogP contribution in [-0.2, 0) is 10.0 Å². The number of aromatic nitrogens is 2. The van der Waals surface area contributed by atoms with Crippen molar-refractivity contribution in [2.24, 2.45) is 0 Å². The van der Waals surface area contributed by atoms with Crippen molar-refractivity contribution in [3.8, 4) is 5.69 Å². The molecule has 0 aliphatic rings. The molecule has 1 aromatic heterocycles. The van der Waals surface area contributed by atoms with Gasteiger partial charge in [0.05, 0.1) is 20.1 Å². The molecule has 3 aromatic rings. The van der Waals surface area contributed by atoms with Crippen LogP contribution in [0.1, 0.15) is 10.5 Å². The predicted octanol–water partition coefficient (Wildman–Crippen LogP) is 5.26. The van der Waals surface area contributed by atoms with E-state index in [9.17, 15) is 13.2 Å². The maximum Gasteiger partial charge on any atom is 0.285 e. The zero-order chi connectivity index (χ0) is 20.6. The van der Waals surface area contributed by atoms with Crippen LogP contribution in [0.4, 0.5) is 0 Å². The molecule has 28 heavy (non-hydrogen) atoms. The lowest BCUT2D eigenvalue weighted by Gasteiger charge is -2.08. The summed E-state index contributed by atoms with van der Waals surface area (Å²) in [6.45, 7) is 0. The van der Waals surface area contributed by atoms with Gasteiger partial charge in [-0.2, -0.15) is 0 Å². The van der Waals surface area contributed by atoms with Crippen LogP contribution < -0.4 is 4.72 Å². The molecule has 6 nitrogen and oxygen atoms in total. The van der Waals surface area contributed by atoms with Gasteiger partial charge in [-0.15, -0.1) is 0 Å². The fourth-order valence-electron chi connectivity index (χ4n) is 2.19. The Morgan fingerprint density at radius 1 is 0.964 bits per heavy atom. The van der Waals surface area contributed by atoms with E-state index >= 15 is 0 Å². The Hall–Kier alpha value is -1.48. The van der Waals surface area contributed by atoms with Gasteiger partial charge >= 0.3 is 0 Å². The Morgan fingerprint density at radius 3 is 2.21 bits per heavy atom. The lowest BCUT2D eigenvalue weighted by molar-refractivity contribution is 0.0977. The van der Waals surface area contributed by atoms with Crippen molar-refractivity contribution < 1.29 is 13.2 Å². The van der Waals surface area contributed by atoms with E-state index in [1.54, 1.807) is 0 Å². The van der Waals surface area contributed by atoms with Gasteiger partial charge in [-0.25, -0.2) is 18.1 Å². The van der Waals surface area contributed by atoms with Crippen LogP contribution in [0.3, 0.4) is 0 Å². The van der Waals surface area contributed by atoms with Gasteiger partial charge in [0.25, 0.3) is 15.9 Å². The highest BCUT2D eigenvalue weighted by Gasteiger charge is 2.23. The van der Waals surface area contributed by atoms with Crippen molar-refractivity contribution >= 4 is 73.9 Å². The summed E-state index contributed by atoms with van der Waals surface area (Å²) >= 11 is 29.5. The third-order valence-corrected chi connectivity index (χ3v) is 6.74. The Kier molecular flexibility index (Phi) is 6.14. The van der Waals surface area contributed by atoms with Crippen LogP contribution in [0.25, 0.3) is 5.69 Å². The molecule has 0 fully saturated rings. The number of carbonyl (C=O) groups excluding carboxylic acids is 1. The summed E-state index contributed by atoms with van der Waals surface area (Å²) in [4.78, 5) is 15.9. The lowest BCUT2D eigenvalue weighted by Crippen LogP contribution is -2.31. The zero-order valence-corrected chi connectivity index (χ0v) is 18.1. The van der Waals surface area contributed by atoms with Crippen molar-refractivity contribution in [3.63, 3.8) is 0 Å². The molecule has 3 rings (SSSR count). The van der Waals surface area contributed by atoms with Crippen LogP contribution in [-0.4, -0.2) is 23.9 Å². The average molecular weight is 500 g/mol. The van der Waals surface area contributed by atoms with E-state index in [2.05, 4.69) is 4.98 Å². The molecule has 0 aliphatic heterocycles. The number of rotatable bonds is 4. The van der Waals surface area contributed by atoms with E-state index in [0.717, 1.165) is 0 Å². The van der Waals surface area contributed by atoms with Crippen LogP contribution in [0.5, 0.6) is 0 Å². The summed E-state index contributed by atoms with van der Waals surface area (Å²) in [6, 6.07) is 6.82. The molecule has 0 aliphatic carbocycles. The van der Waals surface area contributed by atoms with Gasteiger partial charge in [0.2, 0.25) is 0 Å². The first-order valence-corrected chi connectivity index (χ1v) is 10.7. The summed E-state index contributed by atoms with van der Waals surface area (Å²) in [6.07, 6.45) is 2.61. The van der Waals surface area contributed by atoms with E-state index in [-0.39, 0.29) is 35.7 Å². The minimum Gasteiger partial charge on any atom is -0.305 e. The molecule has 0 spiro atoms. The number of nitrogens with zero attached hydrogens (tertiary/aromatic N) is 2. The van der Waals surface area contributed by atoms with Gasteiger partial charge in [0, 0.05) is 16.9 Å². The molecule has 12 heteroatoms. The fraction of sp³-hybridized carbons (Fsp3) is 0. The Labute approximate surface area is 185 Å². The molecule has 1 N–H and O–H groups in total. The smallest absolute Gasteiger partial charge is 0.285 e. The van der Waals surface area contributed by atoms with Crippen LogP contribution in [0.15, 0.2) is 47.8 Å². The number of halogens is 5. The second-order valence-corrected chi connectivity index (χ2v) is 9.09.